The van der Waals surface area contributed by atoms with Gasteiger partial charge in [0.15, 0.2) is 0 Å². The number of nitrogens with one attached hydrogen (secondary N) is 1. The Kier molecular flexibility index (Phi) is 5.77. The second-order valence-corrected chi connectivity index (χ2v) is 5.68. The predicted octanol–water partition coefficient (Wildman–Crippen LogP) is 2.93. The molecular formula is C19H20N4O2. The van der Waals surface area contributed by atoms with Gasteiger partial charge in [-0.2, -0.15) is 0 Å². The molecule has 0 bridgehead atoms. The molecule has 1 N–H and O–H groups in total. The molecule has 0 fully saturated rings. The molecule has 0 aliphatic carbocycles. The summed E-state index contributed by atoms with van der Waals surface area (Å²) in [6.07, 6.45) is 11.5. The first-order chi connectivity index (χ1) is 12.3. The summed E-state index contributed by atoms with van der Waals surface area (Å²) in [6.45, 7) is 0.722. The number of hydrogen-bond acceptors (Lipinski definition) is 4. The molecule has 6 nitrogen and oxygen atoms in total. The van der Waals surface area contributed by atoms with Gasteiger partial charge in [0.2, 0.25) is 6.41 Å². The largest absolute Gasteiger partial charge is 0.489 e. The average Bonchev–Trinajstić information content (AvgIpc) is 3.15. The van der Waals surface area contributed by atoms with E-state index in [1.54, 1.807) is 24.9 Å². The molecule has 1 aromatic carbocycles. The minimum absolute atomic E-state index is 0.00671. The number of carbonyl (C=O) groups is 1. The van der Waals surface area contributed by atoms with Gasteiger partial charge in [0.1, 0.15) is 11.9 Å². The third kappa shape index (κ3) is 5.17. The van der Waals surface area contributed by atoms with Crippen molar-refractivity contribution in [2.75, 3.05) is 5.32 Å². The Morgan fingerprint density at radius 2 is 1.88 bits per heavy atom. The van der Waals surface area contributed by atoms with E-state index in [1.165, 1.54) is 5.56 Å². The summed E-state index contributed by atoms with van der Waals surface area (Å²) in [5.41, 5.74) is 1.98. The molecule has 128 valence electrons. The molecule has 1 unspecified atom stereocenters. The van der Waals surface area contributed by atoms with Crippen LogP contribution in [0.25, 0.3) is 0 Å². The number of benzene rings is 1. The first-order valence-corrected chi connectivity index (χ1v) is 8.15. The smallest absolute Gasteiger partial charge is 0.211 e. The maximum atomic E-state index is 10.5. The van der Waals surface area contributed by atoms with Crippen molar-refractivity contribution < 1.29 is 9.53 Å². The number of anilines is 1. The zero-order valence-electron chi connectivity index (χ0n) is 13.8. The van der Waals surface area contributed by atoms with Crippen molar-refractivity contribution in [2.24, 2.45) is 0 Å². The Hall–Kier alpha value is -3.15. The summed E-state index contributed by atoms with van der Waals surface area (Å²) >= 11 is 0. The molecule has 0 aliphatic heterocycles. The lowest BCUT2D eigenvalue weighted by Crippen LogP contribution is -2.23. The fourth-order valence-corrected chi connectivity index (χ4v) is 2.58. The number of imidazole rings is 1. The lowest BCUT2D eigenvalue weighted by molar-refractivity contribution is -0.105. The molecule has 1 amide bonds. The molecule has 25 heavy (non-hydrogen) atoms. The molecule has 3 aromatic rings. The Balaban J connectivity index is 1.65. The minimum Gasteiger partial charge on any atom is -0.489 e. The van der Waals surface area contributed by atoms with Gasteiger partial charge in [-0.25, -0.2) is 4.98 Å². The molecule has 3 rings (SSSR count). The maximum absolute atomic E-state index is 10.5. The highest BCUT2D eigenvalue weighted by Crippen LogP contribution is 2.19. The molecule has 0 radical (unpaired) electrons. The van der Waals surface area contributed by atoms with Crippen LogP contribution in [0.3, 0.4) is 0 Å². The third-order valence-electron chi connectivity index (χ3n) is 3.86. The number of ether oxygens (including phenoxy) is 1. The monoisotopic (exact) mass is 336 g/mol. The Labute approximate surface area is 146 Å². The molecule has 0 saturated heterocycles. The minimum atomic E-state index is 0.00671. The van der Waals surface area contributed by atoms with Crippen molar-refractivity contribution in [3.8, 4) is 5.75 Å². The molecule has 2 heterocycles. The number of aryl methyl sites for hydroxylation is 1. The van der Waals surface area contributed by atoms with Gasteiger partial charge in [-0.1, -0.05) is 0 Å². The first kappa shape index (κ1) is 16.7. The normalized spacial score (nSPS) is 11.7. The van der Waals surface area contributed by atoms with E-state index in [2.05, 4.69) is 15.3 Å². The van der Waals surface area contributed by atoms with Crippen molar-refractivity contribution in [3.05, 3.63) is 73.1 Å². The van der Waals surface area contributed by atoms with E-state index in [9.17, 15) is 4.79 Å². The van der Waals surface area contributed by atoms with Gasteiger partial charge in [-0.05, 0) is 54.8 Å². The average molecular weight is 336 g/mol. The predicted molar refractivity (Wildman–Crippen MR) is 95.3 cm³/mol. The Bertz CT molecular complexity index is 758. The van der Waals surface area contributed by atoms with E-state index in [0.717, 1.165) is 30.8 Å². The molecule has 0 spiro atoms. The second-order valence-electron chi connectivity index (χ2n) is 5.68. The van der Waals surface area contributed by atoms with Gasteiger partial charge >= 0.3 is 0 Å². The van der Waals surface area contributed by atoms with Crippen LogP contribution in [0.15, 0.2) is 67.5 Å². The zero-order chi connectivity index (χ0) is 17.3. The third-order valence-corrected chi connectivity index (χ3v) is 3.86. The van der Waals surface area contributed by atoms with Crippen molar-refractivity contribution in [1.29, 1.82) is 0 Å². The highest BCUT2D eigenvalue weighted by molar-refractivity contribution is 5.71. The topological polar surface area (TPSA) is 69.0 Å². The molecule has 2 aromatic heterocycles. The van der Waals surface area contributed by atoms with E-state index in [-0.39, 0.29) is 6.10 Å². The molecule has 1 atom stereocenters. The first-order valence-electron chi connectivity index (χ1n) is 8.15. The van der Waals surface area contributed by atoms with E-state index in [1.807, 2.05) is 47.2 Å². The lowest BCUT2D eigenvalue weighted by atomic mass is 10.1. The summed E-state index contributed by atoms with van der Waals surface area (Å²) in [7, 11) is 0. The van der Waals surface area contributed by atoms with Crippen molar-refractivity contribution in [3.63, 3.8) is 0 Å². The lowest BCUT2D eigenvalue weighted by Gasteiger charge is -2.20. The SMILES string of the molecule is O=CNc1ccc(OC(CCc2ccncc2)Cn2ccnc2)cc1. The summed E-state index contributed by atoms with van der Waals surface area (Å²) in [6, 6.07) is 11.4. The summed E-state index contributed by atoms with van der Waals surface area (Å²) in [4.78, 5) is 18.6. The van der Waals surface area contributed by atoms with Crippen molar-refractivity contribution in [2.45, 2.75) is 25.5 Å². The zero-order valence-corrected chi connectivity index (χ0v) is 13.8. The number of carbonyl (C=O) groups excluding carboxylic acids is 1. The number of pyridine rings is 1. The van der Waals surface area contributed by atoms with Crippen LogP contribution in [0.1, 0.15) is 12.0 Å². The van der Waals surface area contributed by atoms with E-state index in [4.69, 9.17) is 4.74 Å². The fraction of sp³-hybridized carbons (Fsp3) is 0.211. The van der Waals surface area contributed by atoms with Gasteiger partial charge in [0, 0.05) is 30.5 Å². The second kappa shape index (κ2) is 8.63. The van der Waals surface area contributed by atoms with Crippen molar-refractivity contribution >= 4 is 12.1 Å². The van der Waals surface area contributed by atoms with Crippen LogP contribution in [-0.4, -0.2) is 27.0 Å². The summed E-state index contributed by atoms with van der Waals surface area (Å²) in [5.74, 6) is 0.774. The standard InChI is InChI=1S/C19H20N4O2/c24-15-22-17-2-5-18(6-3-17)25-19(13-23-12-11-21-14-23)4-1-16-7-9-20-10-8-16/h2-3,5-12,14-15,19H,1,4,13H2,(H,22,24). The van der Waals surface area contributed by atoms with Gasteiger partial charge in [0.05, 0.1) is 12.9 Å². The summed E-state index contributed by atoms with van der Waals surface area (Å²) < 4.78 is 8.18. The Morgan fingerprint density at radius 1 is 1.08 bits per heavy atom. The van der Waals surface area contributed by atoms with Crippen LogP contribution < -0.4 is 10.1 Å². The number of hydrogen-bond donors (Lipinski definition) is 1. The number of rotatable bonds is 9. The van der Waals surface area contributed by atoms with Crippen LogP contribution in [0, 0.1) is 0 Å². The van der Waals surface area contributed by atoms with Crippen LogP contribution in [0.2, 0.25) is 0 Å². The Morgan fingerprint density at radius 3 is 2.56 bits per heavy atom. The van der Waals surface area contributed by atoms with Gasteiger partial charge in [-0.15, -0.1) is 0 Å². The highest BCUT2D eigenvalue weighted by atomic mass is 16.5. The van der Waals surface area contributed by atoms with Crippen LogP contribution in [-0.2, 0) is 17.8 Å². The van der Waals surface area contributed by atoms with E-state index < -0.39 is 0 Å². The van der Waals surface area contributed by atoms with Gasteiger partial charge in [-0.3, -0.25) is 9.78 Å². The quantitative estimate of drug-likeness (QED) is 0.610. The molecule has 0 aliphatic rings. The fourth-order valence-electron chi connectivity index (χ4n) is 2.58. The highest BCUT2D eigenvalue weighted by Gasteiger charge is 2.12. The number of aromatic nitrogens is 3. The van der Waals surface area contributed by atoms with Gasteiger partial charge < -0.3 is 14.6 Å². The van der Waals surface area contributed by atoms with Crippen LogP contribution in [0.5, 0.6) is 5.75 Å². The van der Waals surface area contributed by atoms with Crippen molar-refractivity contribution in [1.82, 2.24) is 14.5 Å². The van der Waals surface area contributed by atoms with E-state index >= 15 is 0 Å². The number of amides is 1. The molecule has 6 heteroatoms. The van der Waals surface area contributed by atoms with E-state index in [0.29, 0.717) is 6.41 Å². The molecule has 0 saturated carbocycles. The van der Waals surface area contributed by atoms with Crippen LogP contribution >= 0.6 is 0 Å². The maximum Gasteiger partial charge on any atom is 0.211 e. The summed E-state index contributed by atoms with van der Waals surface area (Å²) in [5, 5.41) is 2.62. The van der Waals surface area contributed by atoms with Crippen LogP contribution in [0.4, 0.5) is 5.69 Å². The van der Waals surface area contributed by atoms with Gasteiger partial charge in [0.25, 0.3) is 0 Å². The number of nitrogens with zero attached hydrogens (tertiary/aromatic N) is 3. The molecular weight excluding hydrogens is 316 g/mol.